The molecule has 102 valence electrons. The number of nitrogens with one attached hydrogen (secondary N) is 1. The van der Waals surface area contributed by atoms with E-state index in [1.807, 2.05) is 35.3 Å². The van der Waals surface area contributed by atoms with Gasteiger partial charge in [0.1, 0.15) is 0 Å². The number of hydrogen-bond acceptors (Lipinski definition) is 3. The number of rotatable bonds is 4. The Balaban J connectivity index is 1.94. The molecule has 4 heteroatoms. The molecule has 0 aromatic carbocycles. The van der Waals surface area contributed by atoms with Crippen LogP contribution in [0.25, 0.3) is 0 Å². The molecule has 2 rings (SSSR count). The fraction of sp³-hybridized carbons (Fsp3) is 0.467. The van der Waals surface area contributed by atoms with Crippen molar-refractivity contribution in [2.75, 3.05) is 0 Å². The van der Waals surface area contributed by atoms with Crippen molar-refractivity contribution in [3.63, 3.8) is 0 Å². The van der Waals surface area contributed by atoms with Crippen LogP contribution in [0.15, 0.2) is 36.8 Å². The van der Waals surface area contributed by atoms with Crippen molar-refractivity contribution in [2.24, 2.45) is 0 Å². The summed E-state index contributed by atoms with van der Waals surface area (Å²) in [7, 11) is 0. The fourth-order valence-corrected chi connectivity index (χ4v) is 1.83. The van der Waals surface area contributed by atoms with E-state index < -0.39 is 0 Å². The third kappa shape index (κ3) is 3.64. The van der Waals surface area contributed by atoms with Crippen LogP contribution in [0, 0.1) is 0 Å². The summed E-state index contributed by atoms with van der Waals surface area (Å²) in [5.74, 6) is 0. The van der Waals surface area contributed by atoms with Gasteiger partial charge in [-0.25, -0.2) is 0 Å². The molecule has 0 bridgehead atoms. The second kappa shape index (κ2) is 5.53. The SMILES string of the molecule is CC(NCc1cnn(C(C)(C)C)c1)c1ccccn1. The summed E-state index contributed by atoms with van der Waals surface area (Å²) in [4.78, 5) is 4.35. The molecule has 1 atom stereocenters. The van der Waals surface area contributed by atoms with E-state index >= 15 is 0 Å². The average molecular weight is 258 g/mol. The molecule has 0 amide bonds. The molecular weight excluding hydrogens is 236 g/mol. The Kier molecular flexibility index (Phi) is 4.00. The van der Waals surface area contributed by atoms with Crippen LogP contribution in [-0.4, -0.2) is 14.8 Å². The third-order valence-corrected chi connectivity index (χ3v) is 3.07. The van der Waals surface area contributed by atoms with E-state index in [1.54, 1.807) is 0 Å². The van der Waals surface area contributed by atoms with Gasteiger partial charge >= 0.3 is 0 Å². The first kappa shape index (κ1) is 13.7. The lowest BCUT2D eigenvalue weighted by Gasteiger charge is -2.18. The van der Waals surface area contributed by atoms with Gasteiger partial charge in [0, 0.05) is 30.5 Å². The van der Waals surface area contributed by atoms with Crippen LogP contribution in [0.5, 0.6) is 0 Å². The predicted octanol–water partition coefficient (Wildman–Crippen LogP) is 2.88. The number of hydrogen-bond donors (Lipinski definition) is 1. The molecule has 0 fully saturated rings. The van der Waals surface area contributed by atoms with Gasteiger partial charge in [-0.3, -0.25) is 9.67 Å². The first-order valence-electron chi connectivity index (χ1n) is 6.65. The van der Waals surface area contributed by atoms with Crippen LogP contribution in [-0.2, 0) is 12.1 Å². The summed E-state index contributed by atoms with van der Waals surface area (Å²) in [5.41, 5.74) is 2.29. The molecule has 0 aliphatic rings. The maximum absolute atomic E-state index is 4.40. The Morgan fingerprint density at radius 2 is 2.11 bits per heavy atom. The minimum atomic E-state index is 0.0326. The Labute approximate surface area is 114 Å². The lowest BCUT2D eigenvalue weighted by Crippen LogP contribution is -2.22. The molecule has 0 aliphatic carbocycles. The lowest BCUT2D eigenvalue weighted by atomic mass is 10.1. The first-order valence-corrected chi connectivity index (χ1v) is 6.65. The highest BCUT2D eigenvalue weighted by atomic mass is 15.3. The maximum atomic E-state index is 4.40. The molecule has 4 nitrogen and oxygen atoms in total. The Morgan fingerprint density at radius 1 is 1.32 bits per heavy atom. The van der Waals surface area contributed by atoms with Gasteiger partial charge in [-0.05, 0) is 39.8 Å². The molecule has 0 saturated carbocycles. The average Bonchev–Trinajstić information content (AvgIpc) is 2.86. The largest absolute Gasteiger partial charge is 0.305 e. The maximum Gasteiger partial charge on any atom is 0.0570 e. The van der Waals surface area contributed by atoms with Gasteiger partial charge in [0.25, 0.3) is 0 Å². The predicted molar refractivity (Wildman–Crippen MR) is 76.7 cm³/mol. The first-order chi connectivity index (χ1) is 8.97. The molecule has 0 saturated heterocycles. The molecule has 2 heterocycles. The molecule has 0 spiro atoms. The van der Waals surface area contributed by atoms with Gasteiger partial charge in [0.15, 0.2) is 0 Å². The van der Waals surface area contributed by atoms with Crippen LogP contribution in [0.1, 0.15) is 45.0 Å². The second-order valence-electron chi connectivity index (χ2n) is 5.82. The van der Waals surface area contributed by atoms with Crippen molar-refractivity contribution >= 4 is 0 Å². The highest BCUT2D eigenvalue weighted by Crippen LogP contribution is 2.14. The van der Waals surface area contributed by atoms with Crippen molar-refractivity contribution < 1.29 is 0 Å². The van der Waals surface area contributed by atoms with Crippen LogP contribution in [0.4, 0.5) is 0 Å². The highest BCUT2D eigenvalue weighted by molar-refractivity contribution is 5.09. The minimum absolute atomic E-state index is 0.0326. The summed E-state index contributed by atoms with van der Waals surface area (Å²) < 4.78 is 2.00. The van der Waals surface area contributed by atoms with Crippen molar-refractivity contribution in [1.82, 2.24) is 20.1 Å². The zero-order chi connectivity index (χ0) is 13.9. The van der Waals surface area contributed by atoms with Crippen molar-refractivity contribution in [3.8, 4) is 0 Å². The lowest BCUT2D eigenvalue weighted by molar-refractivity contribution is 0.355. The molecule has 0 radical (unpaired) electrons. The molecule has 0 aliphatic heterocycles. The Bertz CT molecular complexity index is 510. The monoisotopic (exact) mass is 258 g/mol. The Hall–Kier alpha value is -1.68. The van der Waals surface area contributed by atoms with Crippen LogP contribution < -0.4 is 5.32 Å². The highest BCUT2D eigenvalue weighted by Gasteiger charge is 2.14. The van der Waals surface area contributed by atoms with Gasteiger partial charge < -0.3 is 5.32 Å². The van der Waals surface area contributed by atoms with Gasteiger partial charge in [0.2, 0.25) is 0 Å². The molecule has 2 aromatic rings. The van der Waals surface area contributed by atoms with E-state index in [9.17, 15) is 0 Å². The van der Waals surface area contributed by atoms with E-state index in [0.717, 1.165) is 12.2 Å². The topological polar surface area (TPSA) is 42.7 Å². The minimum Gasteiger partial charge on any atom is -0.305 e. The van der Waals surface area contributed by atoms with Gasteiger partial charge in [-0.2, -0.15) is 5.10 Å². The standard InChI is InChI=1S/C15H22N4/c1-12(14-7-5-6-8-16-14)17-9-13-10-18-19(11-13)15(2,3)4/h5-8,10-12,17H,9H2,1-4H3. The van der Waals surface area contributed by atoms with E-state index in [4.69, 9.17) is 0 Å². The third-order valence-electron chi connectivity index (χ3n) is 3.07. The Morgan fingerprint density at radius 3 is 2.68 bits per heavy atom. The second-order valence-corrected chi connectivity index (χ2v) is 5.82. The summed E-state index contributed by atoms with van der Waals surface area (Å²) in [6.07, 6.45) is 5.84. The van der Waals surface area contributed by atoms with E-state index in [0.29, 0.717) is 0 Å². The number of aromatic nitrogens is 3. The zero-order valence-corrected chi connectivity index (χ0v) is 12.1. The summed E-state index contributed by atoms with van der Waals surface area (Å²) >= 11 is 0. The summed E-state index contributed by atoms with van der Waals surface area (Å²) in [5, 5.41) is 7.86. The number of nitrogens with zero attached hydrogens (tertiary/aromatic N) is 3. The molecular formula is C15H22N4. The molecule has 1 N–H and O–H groups in total. The molecule has 19 heavy (non-hydrogen) atoms. The van der Waals surface area contributed by atoms with Crippen LogP contribution in [0.2, 0.25) is 0 Å². The molecule has 2 aromatic heterocycles. The van der Waals surface area contributed by atoms with E-state index in [1.165, 1.54) is 5.56 Å². The fourth-order valence-electron chi connectivity index (χ4n) is 1.83. The summed E-state index contributed by atoms with van der Waals surface area (Å²) in [6, 6.07) is 6.22. The van der Waals surface area contributed by atoms with E-state index in [2.05, 4.69) is 49.3 Å². The van der Waals surface area contributed by atoms with Crippen LogP contribution >= 0.6 is 0 Å². The van der Waals surface area contributed by atoms with Crippen molar-refractivity contribution in [2.45, 2.75) is 45.8 Å². The molecule has 1 unspecified atom stereocenters. The van der Waals surface area contributed by atoms with Gasteiger partial charge in [0.05, 0.1) is 17.4 Å². The van der Waals surface area contributed by atoms with Gasteiger partial charge in [-0.15, -0.1) is 0 Å². The van der Waals surface area contributed by atoms with E-state index in [-0.39, 0.29) is 11.6 Å². The number of pyridine rings is 1. The van der Waals surface area contributed by atoms with Gasteiger partial charge in [-0.1, -0.05) is 6.07 Å². The normalized spacial score (nSPS) is 13.5. The quantitative estimate of drug-likeness (QED) is 0.917. The van der Waals surface area contributed by atoms with Crippen molar-refractivity contribution in [3.05, 3.63) is 48.0 Å². The summed E-state index contributed by atoms with van der Waals surface area (Å²) in [6.45, 7) is 9.36. The zero-order valence-electron chi connectivity index (χ0n) is 12.1. The van der Waals surface area contributed by atoms with Crippen molar-refractivity contribution in [1.29, 1.82) is 0 Å². The smallest absolute Gasteiger partial charge is 0.0570 e. The van der Waals surface area contributed by atoms with Crippen LogP contribution in [0.3, 0.4) is 0 Å².